The zero-order valence-electron chi connectivity index (χ0n) is 15.6. The molecule has 27 heavy (non-hydrogen) atoms. The van der Waals surface area contributed by atoms with Crippen LogP contribution in [0.3, 0.4) is 0 Å². The number of nitrogens with zero attached hydrogens (tertiary/aromatic N) is 6. The van der Waals surface area contributed by atoms with E-state index in [1.807, 2.05) is 55.8 Å². The molecule has 2 heterocycles. The molecule has 0 saturated carbocycles. The van der Waals surface area contributed by atoms with Crippen molar-refractivity contribution < 1.29 is 0 Å². The van der Waals surface area contributed by atoms with Gasteiger partial charge in [0, 0.05) is 31.2 Å². The smallest absolute Gasteiger partial charge is 0.250 e. The topological polar surface area (TPSA) is 105 Å². The second-order valence-corrected chi connectivity index (χ2v) is 5.69. The third kappa shape index (κ3) is 4.78. The molecule has 0 spiro atoms. The van der Waals surface area contributed by atoms with E-state index in [1.54, 1.807) is 12.5 Å². The van der Waals surface area contributed by atoms with Gasteiger partial charge in [-0.15, -0.1) is 0 Å². The number of hydrogen-bond donors (Lipinski definition) is 3. The minimum Gasteiger partial charge on any atom is -0.354 e. The summed E-state index contributed by atoms with van der Waals surface area (Å²) in [6, 6.07) is 8.06. The lowest BCUT2D eigenvalue weighted by atomic mass is 10.1. The fourth-order valence-corrected chi connectivity index (χ4v) is 2.39. The van der Waals surface area contributed by atoms with Crippen molar-refractivity contribution in [2.45, 2.75) is 20.8 Å². The first-order chi connectivity index (χ1) is 13.2. The monoisotopic (exact) mass is 365 g/mol. The summed E-state index contributed by atoms with van der Waals surface area (Å²) in [6.45, 7) is 7.34. The predicted molar refractivity (Wildman–Crippen MR) is 108 cm³/mol. The van der Waals surface area contributed by atoms with E-state index in [9.17, 15) is 0 Å². The van der Waals surface area contributed by atoms with Crippen LogP contribution in [0.5, 0.6) is 0 Å². The average molecular weight is 365 g/mol. The van der Waals surface area contributed by atoms with Crippen LogP contribution in [0.1, 0.15) is 26.3 Å². The summed E-state index contributed by atoms with van der Waals surface area (Å²) in [5, 5.41) is 10.6. The number of aromatic nitrogens is 5. The number of hydrogen-bond acceptors (Lipinski definition) is 8. The highest BCUT2D eigenvalue weighted by Crippen LogP contribution is 2.12. The number of hydrazone groups is 1. The summed E-state index contributed by atoms with van der Waals surface area (Å²) in [5.74, 6) is 1.39. The van der Waals surface area contributed by atoms with Crippen LogP contribution in [0.4, 0.5) is 17.8 Å². The van der Waals surface area contributed by atoms with Gasteiger partial charge < -0.3 is 15.2 Å². The maximum atomic E-state index is 4.40. The third-order valence-electron chi connectivity index (χ3n) is 3.72. The standard InChI is InChI=1S/C18H23N9/c1-4-20-16-22-17(21-5-2)24-18(23-16)26-25-13(3)14-6-8-15(9-7-14)27-11-10-19-12-27/h6-12H,4-5H2,1-3H3,(H3,20,21,22,23,24,26)/b25-13+. The van der Waals surface area contributed by atoms with Crippen LogP contribution in [0.2, 0.25) is 0 Å². The fourth-order valence-electron chi connectivity index (χ4n) is 2.39. The second-order valence-electron chi connectivity index (χ2n) is 5.69. The maximum Gasteiger partial charge on any atom is 0.250 e. The summed E-state index contributed by atoms with van der Waals surface area (Å²) in [5.41, 5.74) is 5.78. The molecule has 0 radical (unpaired) electrons. The molecule has 2 aromatic heterocycles. The first kappa shape index (κ1) is 18.3. The van der Waals surface area contributed by atoms with E-state index in [2.05, 4.69) is 41.1 Å². The molecule has 9 nitrogen and oxygen atoms in total. The lowest BCUT2D eigenvalue weighted by molar-refractivity contribution is 0.991. The van der Waals surface area contributed by atoms with Gasteiger partial charge in [-0.25, -0.2) is 10.4 Å². The molecular formula is C18H23N9. The van der Waals surface area contributed by atoms with Crippen LogP contribution < -0.4 is 16.1 Å². The van der Waals surface area contributed by atoms with Gasteiger partial charge in [-0.05, 0) is 38.5 Å². The summed E-state index contributed by atoms with van der Waals surface area (Å²) in [6.07, 6.45) is 5.42. The molecular weight excluding hydrogens is 342 g/mol. The van der Waals surface area contributed by atoms with E-state index in [1.165, 1.54) is 0 Å². The maximum absolute atomic E-state index is 4.40. The molecule has 3 rings (SSSR count). The Bertz CT molecular complexity index is 861. The van der Waals surface area contributed by atoms with Crippen molar-refractivity contribution in [1.82, 2.24) is 24.5 Å². The summed E-state index contributed by atoms with van der Waals surface area (Å²) >= 11 is 0. The molecule has 0 unspecified atom stereocenters. The highest BCUT2D eigenvalue weighted by Gasteiger charge is 2.05. The van der Waals surface area contributed by atoms with Crippen LogP contribution in [-0.4, -0.2) is 43.3 Å². The van der Waals surface area contributed by atoms with Gasteiger partial charge in [-0.2, -0.15) is 20.1 Å². The van der Waals surface area contributed by atoms with Gasteiger partial charge in [-0.3, -0.25) is 0 Å². The van der Waals surface area contributed by atoms with Gasteiger partial charge >= 0.3 is 0 Å². The van der Waals surface area contributed by atoms with Crippen molar-refractivity contribution in [2.75, 3.05) is 29.1 Å². The molecule has 1 aromatic carbocycles. The lowest BCUT2D eigenvalue weighted by Crippen LogP contribution is -2.11. The second kappa shape index (κ2) is 8.75. The van der Waals surface area contributed by atoms with Crippen LogP contribution in [0.15, 0.2) is 48.1 Å². The Kier molecular flexibility index (Phi) is 5.93. The highest BCUT2D eigenvalue weighted by atomic mass is 15.4. The van der Waals surface area contributed by atoms with Crippen LogP contribution in [0.25, 0.3) is 5.69 Å². The van der Waals surface area contributed by atoms with E-state index in [-0.39, 0.29) is 0 Å². The van der Waals surface area contributed by atoms with Gasteiger partial charge in [0.25, 0.3) is 0 Å². The number of benzene rings is 1. The number of imidazole rings is 1. The average Bonchev–Trinajstić information content (AvgIpc) is 3.21. The van der Waals surface area contributed by atoms with Crippen molar-refractivity contribution in [1.29, 1.82) is 0 Å². The van der Waals surface area contributed by atoms with E-state index in [0.29, 0.717) is 17.8 Å². The van der Waals surface area contributed by atoms with Gasteiger partial charge in [0.15, 0.2) is 0 Å². The molecule has 0 saturated heterocycles. The minimum absolute atomic E-state index is 0.381. The van der Waals surface area contributed by atoms with E-state index >= 15 is 0 Å². The normalized spacial score (nSPS) is 11.3. The third-order valence-corrected chi connectivity index (χ3v) is 3.72. The van der Waals surface area contributed by atoms with Crippen molar-refractivity contribution in [3.8, 4) is 5.69 Å². The summed E-state index contributed by atoms with van der Waals surface area (Å²) < 4.78 is 1.95. The first-order valence-electron chi connectivity index (χ1n) is 8.82. The Morgan fingerprint density at radius 3 is 2.15 bits per heavy atom. The highest BCUT2D eigenvalue weighted by molar-refractivity contribution is 5.99. The molecule has 0 aliphatic heterocycles. The van der Waals surface area contributed by atoms with E-state index in [0.717, 1.165) is 30.1 Å². The van der Waals surface area contributed by atoms with Gasteiger partial charge in [0.05, 0.1) is 12.0 Å². The predicted octanol–water partition coefficient (Wildman–Crippen LogP) is 2.76. The Balaban J connectivity index is 1.74. The van der Waals surface area contributed by atoms with Crippen LogP contribution in [0, 0.1) is 0 Å². The van der Waals surface area contributed by atoms with Gasteiger partial charge in [0.1, 0.15) is 0 Å². The zero-order valence-corrected chi connectivity index (χ0v) is 15.6. The van der Waals surface area contributed by atoms with Crippen molar-refractivity contribution in [3.05, 3.63) is 48.5 Å². The number of rotatable bonds is 8. The molecule has 0 aliphatic carbocycles. The SMILES string of the molecule is CCNc1nc(NCC)nc(N/N=C(\C)c2ccc(-n3ccnc3)cc2)n1. The van der Waals surface area contributed by atoms with E-state index in [4.69, 9.17) is 0 Å². The Morgan fingerprint density at radius 2 is 1.59 bits per heavy atom. The molecule has 3 N–H and O–H groups in total. The van der Waals surface area contributed by atoms with Crippen molar-refractivity contribution in [3.63, 3.8) is 0 Å². The van der Waals surface area contributed by atoms with Crippen LogP contribution >= 0.6 is 0 Å². The molecule has 9 heteroatoms. The van der Waals surface area contributed by atoms with Crippen molar-refractivity contribution in [2.24, 2.45) is 5.10 Å². The van der Waals surface area contributed by atoms with E-state index < -0.39 is 0 Å². The zero-order chi connectivity index (χ0) is 19.1. The largest absolute Gasteiger partial charge is 0.354 e. The molecule has 0 amide bonds. The molecule has 0 aliphatic rings. The quantitative estimate of drug-likeness (QED) is 0.416. The molecule has 140 valence electrons. The Hall–Kier alpha value is -3.49. The van der Waals surface area contributed by atoms with Gasteiger partial charge in [-0.1, -0.05) is 12.1 Å². The van der Waals surface area contributed by atoms with Gasteiger partial charge in [0.2, 0.25) is 17.8 Å². The first-order valence-corrected chi connectivity index (χ1v) is 8.82. The Morgan fingerprint density at radius 1 is 0.963 bits per heavy atom. The number of nitrogens with one attached hydrogen (secondary N) is 3. The molecule has 0 atom stereocenters. The van der Waals surface area contributed by atoms with Crippen LogP contribution in [-0.2, 0) is 0 Å². The van der Waals surface area contributed by atoms with Crippen molar-refractivity contribution >= 4 is 23.6 Å². The fraction of sp³-hybridized carbons (Fsp3) is 0.278. The number of anilines is 3. The summed E-state index contributed by atoms with van der Waals surface area (Å²) in [7, 11) is 0. The minimum atomic E-state index is 0.381. The molecule has 3 aromatic rings. The molecule has 0 fully saturated rings. The summed E-state index contributed by atoms with van der Waals surface area (Å²) in [4.78, 5) is 17.0. The Labute approximate surface area is 158 Å². The lowest BCUT2D eigenvalue weighted by Gasteiger charge is -2.08. The molecule has 0 bridgehead atoms.